The second-order valence-electron chi connectivity index (χ2n) is 4.37. The first-order valence-corrected chi connectivity index (χ1v) is 5.60. The van der Waals surface area contributed by atoms with Gasteiger partial charge in [0.2, 0.25) is 5.82 Å². The molecule has 18 heavy (non-hydrogen) atoms. The minimum atomic E-state index is -0.593. The van der Waals surface area contributed by atoms with Gasteiger partial charge in [-0.25, -0.2) is 0 Å². The average molecular weight is 248 g/mol. The third-order valence-corrected chi connectivity index (χ3v) is 2.78. The summed E-state index contributed by atoms with van der Waals surface area (Å²) in [6.07, 6.45) is 0. The summed E-state index contributed by atoms with van der Waals surface area (Å²) in [6, 6.07) is 7.50. The van der Waals surface area contributed by atoms with Crippen LogP contribution in [0.15, 0.2) is 28.8 Å². The average Bonchev–Trinajstić information content (AvgIpc) is 2.89. The summed E-state index contributed by atoms with van der Waals surface area (Å²) in [5.41, 5.74) is 0.251. The molecule has 0 atom stereocenters. The minimum absolute atomic E-state index is 0.447. The Morgan fingerprint density at radius 1 is 1.22 bits per heavy atom. The smallest absolute Gasteiger partial charge is 0.258 e. The molecule has 96 valence electrons. The first-order valence-electron chi connectivity index (χ1n) is 5.60. The molecule has 2 rings (SSSR count). The van der Waals surface area contributed by atoms with E-state index in [0.717, 1.165) is 11.3 Å². The topological polar surface area (TPSA) is 57.4 Å². The van der Waals surface area contributed by atoms with Gasteiger partial charge >= 0.3 is 0 Å². The van der Waals surface area contributed by atoms with E-state index in [1.165, 1.54) is 0 Å². The highest BCUT2D eigenvalue weighted by Crippen LogP contribution is 2.26. The van der Waals surface area contributed by atoms with E-state index in [0.29, 0.717) is 11.7 Å². The van der Waals surface area contributed by atoms with Crippen LogP contribution in [-0.4, -0.2) is 24.4 Å². The standard InChI is InChI=1S/C13H16N2O3/c1-13(2,17-4)12-14-11(15-18-12)9-6-5-7-10(8-9)16-3/h5-8H,1-4H3. The van der Waals surface area contributed by atoms with Crippen LogP contribution in [0, 0.1) is 0 Å². The lowest BCUT2D eigenvalue weighted by Crippen LogP contribution is -2.19. The second-order valence-corrected chi connectivity index (χ2v) is 4.37. The van der Waals surface area contributed by atoms with Gasteiger partial charge in [0.15, 0.2) is 0 Å². The van der Waals surface area contributed by atoms with Crippen LogP contribution in [-0.2, 0) is 10.3 Å². The Morgan fingerprint density at radius 3 is 2.67 bits per heavy atom. The Morgan fingerprint density at radius 2 is 2.00 bits per heavy atom. The fraction of sp³-hybridized carbons (Fsp3) is 0.385. The molecule has 1 aromatic heterocycles. The van der Waals surface area contributed by atoms with Crippen molar-refractivity contribution < 1.29 is 14.0 Å². The van der Waals surface area contributed by atoms with Crippen molar-refractivity contribution in [2.45, 2.75) is 19.4 Å². The van der Waals surface area contributed by atoms with Gasteiger partial charge in [0.05, 0.1) is 7.11 Å². The number of hydrogen-bond donors (Lipinski definition) is 0. The second kappa shape index (κ2) is 4.78. The van der Waals surface area contributed by atoms with E-state index in [1.54, 1.807) is 14.2 Å². The van der Waals surface area contributed by atoms with Crippen LogP contribution in [0.2, 0.25) is 0 Å². The predicted molar refractivity (Wildman–Crippen MR) is 66.3 cm³/mol. The van der Waals surface area contributed by atoms with E-state index in [1.807, 2.05) is 38.1 Å². The van der Waals surface area contributed by atoms with Crippen molar-refractivity contribution in [2.75, 3.05) is 14.2 Å². The lowest BCUT2D eigenvalue weighted by atomic mass is 10.1. The lowest BCUT2D eigenvalue weighted by Gasteiger charge is -2.16. The Labute approximate surface area is 106 Å². The van der Waals surface area contributed by atoms with Crippen molar-refractivity contribution >= 4 is 0 Å². The van der Waals surface area contributed by atoms with Gasteiger partial charge in [-0.05, 0) is 26.0 Å². The van der Waals surface area contributed by atoms with E-state index in [9.17, 15) is 0 Å². The molecule has 2 aromatic rings. The molecule has 0 aliphatic carbocycles. The summed E-state index contributed by atoms with van der Waals surface area (Å²) in [7, 11) is 3.23. The third-order valence-electron chi connectivity index (χ3n) is 2.78. The van der Waals surface area contributed by atoms with Gasteiger partial charge in [0.25, 0.3) is 5.89 Å². The monoisotopic (exact) mass is 248 g/mol. The molecule has 0 fully saturated rings. The molecule has 5 nitrogen and oxygen atoms in total. The predicted octanol–water partition coefficient (Wildman–Crippen LogP) is 2.63. The number of nitrogens with zero attached hydrogens (tertiary/aromatic N) is 2. The molecule has 0 aliphatic heterocycles. The molecule has 0 unspecified atom stereocenters. The van der Waals surface area contributed by atoms with Crippen LogP contribution in [0.5, 0.6) is 5.75 Å². The molecule has 0 amide bonds. The van der Waals surface area contributed by atoms with Crippen molar-refractivity contribution in [3.05, 3.63) is 30.2 Å². The molecule has 0 spiro atoms. The quantitative estimate of drug-likeness (QED) is 0.832. The molecule has 5 heteroatoms. The maximum atomic E-state index is 5.30. The van der Waals surface area contributed by atoms with Gasteiger partial charge in [0.1, 0.15) is 11.4 Å². The highest BCUT2D eigenvalue weighted by Gasteiger charge is 2.27. The van der Waals surface area contributed by atoms with E-state index in [2.05, 4.69) is 10.1 Å². The van der Waals surface area contributed by atoms with Gasteiger partial charge in [-0.3, -0.25) is 0 Å². The Bertz CT molecular complexity index is 535. The molecule has 0 saturated carbocycles. The molecule has 0 N–H and O–H groups in total. The van der Waals surface area contributed by atoms with E-state index >= 15 is 0 Å². The van der Waals surface area contributed by atoms with Crippen molar-refractivity contribution in [3.8, 4) is 17.1 Å². The summed E-state index contributed by atoms with van der Waals surface area (Å²) in [4.78, 5) is 4.34. The molecule has 0 radical (unpaired) electrons. The fourth-order valence-corrected chi connectivity index (χ4v) is 1.43. The van der Waals surface area contributed by atoms with Crippen LogP contribution in [0.1, 0.15) is 19.7 Å². The zero-order valence-corrected chi connectivity index (χ0v) is 10.9. The van der Waals surface area contributed by atoms with Crippen molar-refractivity contribution in [1.82, 2.24) is 10.1 Å². The third kappa shape index (κ3) is 2.36. The molecule has 1 aromatic carbocycles. The maximum Gasteiger partial charge on any atom is 0.258 e. The van der Waals surface area contributed by atoms with Crippen molar-refractivity contribution in [1.29, 1.82) is 0 Å². The lowest BCUT2D eigenvalue weighted by molar-refractivity contribution is -0.00786. The van der Waals surface area contributed by atoms with Crippen molar-refractivity contribution in [3.63, 3.8) is 0 Å². The van der Waals surface area contributed by atoms with Crippen LogP contribution >= 0.6 is 0 Å². The Balaban J connectivity index is 2.35. The van der Waals surface area contributed by atoms with Gasteiger partial charge < -0.3 is 14.0 Å². The normalized spacial score (nSPS) is 11.6. The van der Waals surface area contributed by atoms with Crippen molar-refractivity contribution in [2.24, 2.45) is 0 Å². The summed E-state index contributed by atoms with van der Waals surface area (Å²) < 4.78 is 15.7. The number of hydrogen-bond acceptors (Lipinski definition) is 5. The zero-order chi connectivity index (χ0) is 13.2. The number of rotatable bonds is 4. The van der Waals surface area contributed by atoms with Crippen LogP contribution in [0.25, 0.3) is 11.4 Å². The molecular weight excluding hydrogens is 232 g/mol. The highest BCUT2D eigenvalue weighted by molar-refractivity contribution is 5.56. The highest BCUT2D eigenvalue weighted by atomic mass is 16.5. The summed E-state index contributed by atoms with van der Waals surface area (Å²) >= 11 is 0. The Hall–Kier alpha value is -1.88. The first kappa shape index (κ1) is 12.6. The number of benzene rings is 1. The van der Waals surface area contributed by atoms with Gasteiger partial charge in [-0.15, -0.1) is 0 Å². The zero-order valence-electron chi connectivity index (χ0n) is 10.9. The number of methoxy groups -OCH3 is 2. The molecule has 0 bridgehead atoms. The number of aromatic nitrogens is 2. The minimum Gasteiger partial charge on any atom is -0.497 e. The Kier molecular flexibility index (Phi) is 3.34. The van der Waals surface area contributed by atoms with E-state index in [4.69, 9.17) is 14.0 Å². The molecule has 1 heterocycles. The van der Waals surface area contributed by atoms with Gasteiger partial charge in [-0.2, -0.15) is 4.98 Å². The van der Waals surface area contributed by atoms with E-state index in [-0.39, 0.29) is 0 Å². The van der Waals surface area contributed by atoms with Crippen LogP contribution < -0.4 is 4.74 Å². The molecule has 0 saturated heterocycles. The first-order chi connectivity index (χ1) is 8.56. The van der Waals surface area contributed by atoms with Gasteiger partial charge in [0, 0.05) is 12.7 Å². The summed E-state index contributed by atoms with van der Waals surface area (Å²) in [5.74, 6) is 1.72. The largest absolute Gasteiger partial charge is 0.497 e. The maximum absolute atomic E-state index is 5.30. The van der Waals surface area contributed by atoms with Gasteiger partial charge in [-0.1, -0.05) is 17.3 Å². The van der Waals surface area contributed by atoms with Crippen LogP contribution in [0.3, 0.4) is 0 Å². The fourth-order valence-electron chi connectivity index (χ4n) is 1.43. The molecule has 0 aliphatic rings. The number of ether oxygens (including phenoxy) is 2. The molecular formula is C13H16N2O3. The van der Waals surface area contributed by atoms with Crippen LogP contribution in [0.4, 0.5) is 0 Å². The summed E-state index contributed by atoms with van der Waals surface area (Å²) in [5, 5.41) is 3.95. The SMILES string of the molecule is COc1cccc(-c2noc(C(C)(C)OC)n2)c1. The summed E-state index contributed by atoms with van der Waals surface area (Å²) in [6.45, 7) is 3.74. The van der Waals surface area contributed by atoms with E-state index < -0.39 is 5.60 Å².